The van der Waals surface area contributed by atoms with E-state index in [1.807, 2.05) is 30.3 Å². The lowest BCUT2D eigenvalue weighted by molar-refractivity contribution is -0.151. The zero-order valence-electron chi connectivity index (χ0n) is 14.2. The van der Waals surface area contributed by atoms with Gasteiger partial charge in [0.15, 0.2) is 5.78 Å². The van der Waals surface area contributed by atoms with Crippen molar-refractivity contribution in [2.75, 3.05) is 13.7 Å². The molecule has 25 heavy (non-hydrogen) atoms. The summed E-state index contributed by atoms with van der Waals surface area (Å²) in [5, 5.41) is 0. The van der Waals surface area contributed by atoms with Gasteiger partial charge in [0.1, 0.15) is 17.4 Å². The molecule has 5 heteroatoms. The second-order valence-electron chi connectivity index (χ2n) is 5.83. The van der Waals surface area contributed by atoms with E-state index >= 15 is 0 Å². The Balaban J connectivity index is 2.05. The number of furan rings is 1. The summed E-state index contributed by atoms with van der Waals surface area (Å²) < 4.78 is 16.0. The van der Waals surface area contributed by atoms with Crippen LogP contribution in [-0.4, -0.2) is 25.5 Å². The molecule has 2 atom stereocenters. The highest BCUT2D eigenvalue weighted by Crippen LogP contribution is 2.43. The fourth-order valence-corrected chi connectivity index (χ4v) is 3.28. The van der Waals surface area contributed by atoms with Crippen molar-refractivity contribution in [3.8, 4) is 5.75 Å². The molecule has 0 N–H and O–H groups in total. The Labute approximate surface area is 146 Å². The van der Waals surface area contributed by atoms with Crippen LogP contribution >= 0.6 is 0 Å². The Bertz CT molecular complexity index is 788. The van der Waals surface area contributed by atoms with Crippen molar-refractivity contribution in [2.24, 2.45) is 5.92 Å². The number of carbonyl (C=O) groups excluding carboxylic acids is 2. The van der Waals surface area contributed by atoms with E-state index in [1.54, 1.807) is 26.4 Å². The maximum atomic E-state index is 12.7. The lowest BCUT2D eigenvalue weighted by Crippen LogP contribution is -2.34. The van der Waals surface area contributed by atoms with Crippen molar-refractivity contribution in [1.82, 2.24) is 0 Å². The molecule has 0 radical (unpaired) electrons. The predicted molar refractivity (Wildman–Crippen MR) is 92.2 cm³/mol. The first-order valence-electron chi connectivity index (χ1n) is 8.23. The van der Waals surface area contributed by atoms with Crippen molar-refractivity contribution < 1.29 is 23.5 Å². The Hall–Kier alpha value is -2.82. The first kappa shape index (κ1) is 17.0. The molecule has 0 aliphatic heterocycles. The second-order valence-corrected chi connectivity index (χ2v) is 5.83. The number of hydrogen-bond acceptors (Lipinski definition) is 5. The van der Waals surface area contributed by atoms with Gasteiger partial charge in [-0.2, -0.15) is 0 Å². The topological polar surface area (TPSA) is 65.7 Å². The molecule has 0 unspecified atom stereocenters. The first-order chi connectivity index (χ1) is 12.2. The van der Waals surface area contributed by atoms with Crippen molar-refractivity contribution in [3.05, 3.63) is 60.1 Å². The quantitative estimate of drug-likeness (QED) is 0.614. The number of ether oxygens (including phenoxy) is 2. The number of carbonyl (C=O) groups is 2. The van der Waals surface area contributed by atoms with Gasteiger partial charge in [-0.25, -0.2) is 0 Å². The van der Waals surface area contributed by atoms with Crippen molar-refractivity contribution in [3.63, 3.8) is 0 Å². The van der Waals surface area contributed by atoms with Gasteiger partial charge < -0.3 is 13.9 Å². The summed E-state index contributed by atoms with van der Waals surface area (Å²) in [5.41, 5.74) is 1.58. The van der Waals surface area contributed by atoms with Crippen LogP contribution in [0.4, 0.5) is 0 Å². The average Bonchev–Trinajstić information content (AvgIpc) is 3.15. The van der Waals surface area contributed by atoms with Gasteiger partial charge in [0.05, 0.1) is 20.0 Å². The minimum atomic E-state index is -0.880. The van der Waals surface area contributed by atoms with Gasteiger partial charge in [0.2, 0.25) is 0 Å². The summed E-state index contributed by atoms with van der Waals surface area (Å²) in [6.07, 6.45) is 3.55. The number of allylic oxidation sites excluding steroid dienone is 2. The third kappa shape index (κ3) is 3.36. The molecule has 0 fully saturated rings. The largest absolute Gasteiger partial charge is 0.496 e. The monoisotopic (exact) mass is 340 g/mol. The SMILES string of the molecule is CCOC(=O)[C@@H]1C(=O)C=C(c2ccco2)C[C@H]1c1ccccc1OC. The van der Waals surface area contributed by atoms with Gasteiger partial charge >= 0.3 is 5.97 Å². The molecular formula is C20H20O5. The molecule has 0 spiro atoms. The standard InChI is InChI=1S/C20H20O5/c1-3-24-20(22)19-15(14-7-4-5-8-18(14)23-2)11-13(12-16(19)21)17-9-6-10-25-17/h4-10,12,15,19H,3,11H2,1-2H3/t15-,19-/m0/s1. The van der Waals surface area contributed by atoms with E-state index in [2.05, 4.69) is 0 Å². The van der Waals surface area contributed by atoms with Crippen LogP contribution in [0.25, 0.3) is 5.57 Å². The number of rotatable bonds is 5. The Morgan fingerprint density at radius 1 is 1.24 bits per heavy atom. The van der Waals surface area contributed by atoms with E-state index in [9.17, 15) is 9.59 Å². The highest BCUT2D eigenvalue weighted by Gasteiger charge is 2.41. The molecule has 1 aromatic carbocycles. The molecule has 3 rings (SSSR count). The zero-order chi connectivity index (χ0) is 17.8. The first-order valence-corrected chi connectivity index (χ1v) is 8.23. The second kappa shape index (κ2) is 7.38. The number of ketones is 1. The molecule has 0 saturated heterocycles. The Morgan fingerprint density at radius 2 is 2.04 bits per heavy atom. The van der Waals surface area contributed by atoms with Crippen LogP contribution in [-0.2, 0) is 14.3 Å². The van der Waals surface area contributed by atoms with E-state index in [0.29, 0.717) is 17.9 Å². The molecule has 1 aliphatic carbocycles. The maximum Gasteiger partial charge on any atom is 0.317 e. The minimum Gasteiger partial charge on any atom is -0.496 e. The molecular weight excluding hydrogens is 320 g/mol. The third-order valence-corrected chi connectivity index (χ3v) is 4.38. The zero-order valence-corrected chi connectivity index (χ0v) is 14.2. The predicted octanol–water partition coefficient (Wildman–Crippen LogP) is 3.61. The number of esters is 1. The van der Waals surface area contributed by atoms with Crippen LogP contribution in [0.2, 0.25) is 0 Å². The molecule has 0 bridgehead atoms. The molecule has 1 heterocycles. The fraction of sp³-hybridized carbons (Fsp3) is 0.300. The molecule has 130 valence electrons. The Kier molecular flexibility index (Phi) is 5.03. The normalized spacial score (nSPS) is 20.1. The maximum absolute atomic E-state index is 12.7. The van der Waals surface area contributed by atoms with Gasteiger partial charge in [-0.3, -0.25) is 9.59 Å². The minimum absolute atomic E-state index is 0.232. The molecule has 1 aliphatic rings. The van der Waals surface area contributed by atoms with Crippen molar-refractivity contribution in [1.29, 1.82) is 0 Å². The number of hydrogen-bond donors (Lipinski definition) is 0. The van der Waals surface area contributed by atoms with Crippen LogP contribution in [0.15, 0.2) is 53.2 Å². The molecule has 1 aromatic heterocycles. The van der Waals surface area contributed by atoms with Crippen LogP contribution < -0.4 is 4.74 Å². The van der Waals surface area contributed by atoms with Crippen LogP contribution in [0.1, 0.15) is 30.6 Å². The van der Waals surface area contributed by atoms with Crippen LogP contribution in [0.3, 0.4) is 0 Å². The van der Waals surface area contributed by atoms with E-state index in [4.69, 9.17) is 13.9 Å². The summed E-state index contributed by atoms with van der Waals surface area (Å²) in [5.74, 6) is -0.737. The van der Waals surface area contributed by atoms with Crippen LogP contribution in [0, 0.1) is 5.92 Å². The smallest absolute Gasteiger partial charge is 0.317 e. The van der Waals surface area contributed by atoms with Gasteiger partial charge in [-0.1, -0.05) is 18.2 Å². The van der Waals surface area contributed by atoms with Gasteiger partial charge in [-0.05, 0) is 48.8 Å². The van der Waals surface area contributed by atoms with E-state index in [1.165, 1.54) is 6.08 Å². The molecule has 5 nitrogen and oxygen atoms in total. The average molecular weight is 340 g/mol. The van der Waals surface area contributed by atoms with Gasteiger partial charge in [0.25, 0.3) is 0 Å². The third-order valence-electron chi connectivity index (χ3n) is 4.38. The van der Waals surface area contributed by atoms with Gasteiger partial charge in [0, 0.05) is 5.92 Å². The number of para-hydroxylation sites is 1. The molecule has 0 saturated carbocycles. The summed E-state index contributed by atoms with van der Waals surface area (Å²) >= 11 is 0. The lowest BCUT2D eigenvalue weighted by Gasteiger charge is -2.29. The van der Waals surface area contributed by atoms with Crippen molar-refractivity contribution in [2.45, 2.75) is 19.3 Å². The van der Waals surface area contributed by atoms with E-state index in [-0.39, 0.29) is 18.3 Å². The fourth-order valence-electron chi connectivity index (χ4n) is 3.28. The summed E-state index contributed by atoms with van der Waals surface area (Å²) in [6, 6.07) is 11.0. The van der Waals surface area contributed by atoms with Crippen molar-refractivity contribution >= 4 is 17.3 Å². The summed E-state index contributed by atoms with van der Waals surface area (Å²) in [7, 11) is 1.58. The van der Waals surface area contributed by atoms with E-state index < -0.39 is 11.9 Å². The highest BCUT2D eigenvalue weighted by molar-refractivity contribution is 6.10. The highest BCUT2D eigenvalue weighted by atomic mass is 16.5. The van der Waals surface area contributed by atoms with Gasteiger partial charge in [-0.15, -0.1) is 0 Å². The molecule has 2 aromatic rings. The van der Waals surface area contributed by atoms with E-state index in [0.717, 1.165) is 11.1 Å². The Morgan fingerprint density at radius 3 is 2.72 bits per heavy atom. The van der Waals surface area contributed by atoms with Crippen LogP contribution in [0.5, 0.6) is 5.75 Å². The number of methoxy groups -OCH3 is 1. The molecule has 0 amide bonds. The summed E-state index contributed by atoms with van der Waals surface area (Å²) in [4.78, 5) is 25.2. The number of benzene rings is 1. The summed E-state index contributed by atoms with van der Waals surface area (Å²) in [6.45, 7) is 1.96. The lowest BCUT2D eigenvalue weighted by atomic mass is 9.74.